The Morgan fingerprint density at radius 3 is 2.61 bits per heavy atom. The monoisotopic (exact) mass is 457 g/mol. The lowest BCUT2D eigenvalue weighted by molar-refractivity contribution is -0.137. The Kier molecular flexibility index (Phi) is 5.62. The first-order chi connectivity index (χ1) is 15.8. The molecule has 174 valence electrons. The first kappa shape index (κ1) is 21.9. The largest absolute Gasteiger partial charge is 0.416 e. The zero-order valence-electron chi connectivity index (χ0n) is 18.5. The Morgan fingerprint density at radius 2 is 1.85 bits per heavy atom. The maximum Gasteiger partial charge on any atom is 0.416 e. The van der Waals surface area contributed by atoms with Crippen LogP contribution in [0, 0.1) is 18.8 Å². The summed E-state index contributed by atoms with van der Waals surface area (Å²) in [5.74, 6) is 1.05. The molecule has 8 heteroatoms. The van der Waals surface area contributed by atoms with Crippen molar-refractivity contribution < 1.29 is 22.5 Å². The summed E-state index contributed by atoms with van der Waals surface area (Å²) in [4.78, 5) is 20.0. The molecule has 1 amide bonds. The highest BCUT2D eigenvalue weighted by Crippen LogP contribution is 2.37. The van der Waals surface area contributed by atoms with Crippen molar-refractivity contribution in [3.05, 3.63) is 47.2 Å². The third-order valence-electron chi connectivity index (χ3n) is 7.14. The van der Waals surface area contributed by atoms with Gasteiger partial charge >= 0.3 is 6.18 Å². The lowest BCUT2D eigenvalue weighted by atomic mass is 9.84. The molecule has 0 N–H and O–H groups in total. The Balaban J connectivity index is 1.52. The van der Waals surface area contributed by atoms with Crippen LogP contribution in [0.3, 0.4) is 0 Å². The van der Waals surface area contributed by atoms with Crippen LogP contribution in [0.5, 0.6) is 0 Å². The quantitative estimate of drug-likeness (QED) is 0.466. The zero-order valence-corrected chi connectivity index (χ0v) is 18.5. The van der Waals surface area contributed by atoms with E-state index in [1.807, 2.05) is 4.90 Å². The Hall–Kier alpha value is -2.90. The third-order valence-corrected chi connectivity index (χ3v) is 7.14. The molecular weight excluding hydrogens is 431 g/mol. The minimum atomic E-state index is -4.47. The minimum absolute atomic E-state index is 0.135. The second-order valence-electron chi connectivity index (χ2n) is 9.28. The summed E-state index contributed by atoms with van der Waals surface area (Å²) in [5, 5.41) is 4.49. The number of amides is 1. The number of benzene rings is 1. The van der Waals surface area contributed by atoms with Crippen LogP contribution < -0.4 is 0 Å². The molecular formula is C25H26F3N3O2. The van der Waals surface area contributed by atoms with Crippen molar-refractivity contribution in [3.63, 3.8) is 0 Å². The molecule has 0 spiro atoms. The number of likely N-dealkylation sites (tertiary alicyclic amines) is 1. The van der Waals surface area contributed by atoms with Gasteiger partial charge in [-0.25, -0.2) is 4.98 Å². The fraction of sp³-hybridized carbons (Fsp3) is 0.480. The summed E-state index contributed by atoms with van der Waals surface area (Å²) in [6.07, 6.45) is 2.63. The molecule has 5 nitrogen and oxygen atoms in total. The van der Waals surface area contributed by atoms with Crippen LogP contribution in [0.25, 0.3) is 22.4 Å². The van der Waals surface area contributed by atoms with Gasteiger partial charge in [0.1, 0.15) is 0 Å². The van der Waals surface area contributed by atoms with E-state index in [0.29, 0.717) is 35.0 Å². The van der Waals surface area contributed by atoms with Gasteiger partial charge in [0.15, 0.2) is 0 Å². The molecule has 1 saturated heterocycles. The van der Waals surface area contributed by atoms with Gasteiger partial charge in [0, 0.05) is 18.7 Å². The van der Waals surface area contributed by atoms with Crippen molar-refractivity contribution >= 4 is 17.0 Å². The average molecular weight is 457 g/mol. The van der Waals surface area contributed by atoms with Crippen molar-refractivity contribution in [3.8, 4) is 11.3 Å². The Morgan fingerprint density at radius 1 is 1.09 bits per heavy atom. The van der Waals surface area contributed by atoms with E-state index in [-0.39, 0.29) is 22.9 Å². The van der Waals surface area contributed by atoms with Gasteiger partial charge in [-0.2, -0.15) is 13.2 Å². The highest BCUT2D eigenvalue weighted by molar-refractivity contribution is 6.07. The number of hydrogen-bond acceptors (Lipinski definition) is 4. The summed E-state index contributed by atoms with van der Waals surface area (Å²) >= 11 is 0. The van der Waals surface area contributed by atoms with Gasteiger partial charge in [-0.3, -0.25) is 4.79 Å². The predicted molar refractivity (Wildman–Crippen MR) is 118 cm³/mol. The average Bonchev–Trinajstić information content (AvgIpc) is 3.48. The molecule has 3 aromatic rings. The zero-order chi connectivity index (χ0) is 23.2. The van der Waals surface area contributed by atoms with Gasteiger partial charge < -0.3 is 9.42 Å². The number of aryl methyl sites for hydroxylation is 1. The first-order valence-electron chi connectivity index (χ1n) is 11.5. The molecule has 5 rings (SSSR count). The van der Waals surface area contributed by atoms with E-state index in [9.17, 15) is 18.0 Å². The van der Waals surface area contributed by atoms with Gasteiger partial charge in [0.05, 0.1) is 27.9 Å². The number of alkyl halides is 3. The molecule has 0 radical (unpaired) electrons. The van der Waals surface area contributed by atoms with Gasteiger partial charge in [-0.15, -0.1) is 0 Å². The second-order valence-corrected chi connectivity index (χ2v) is 9.28. The first-order valence-corrected chi connectivity index (χ1v) is 11.5. The van der Waals surface area contributed by atoms with E-state index < -0.39 is 11.7 Å². The van der Waals surface area contributed by atoms with Crippen LogP contribution in [0.4, 0.5) is 13.2 Å². The highest BCUT2D eigenvalue weighted by Gasteiger charge is 2.33. The molecule has 33 heavy (non-hydrogen) atoms. The number of pyridine rings is 1. The van der Waals surface area contributed by atoms with Crippen molar-refractivity contribution in [2.75, 3.05) is 13.1 Å². The summed E-state index contributed by atoms with van der Waals surface area (Å²) in [5.41, 5.74) is 0.864. The van der Waals surface area contributed by atoms with Crippen LogP contribution in [-0.2, 0) is 6.18 Å². The van der Waals surface area contributed by atoms with E-state index in [0.717, 1.165) is 31.5 Å². The fourth-order valence-electron chi connectivity index (χ4n) is 5.44. The van der Waals surface area contributed by atoms with Crippen LogP contribution in [-0.4, -0.2) is 34.0 Å². The van der Waals surface area contributed by atoms with E-state index >= 15 is 0 Å². The fourth-order valence-corrected chi connectivity index (χ4v) is 5.44. The molecule has 2 fully saturated rings. The molecule has 0 bridgehead atoms. The lowest BCUT2D eigenvalue weighted by Gasteiger charge is -2.36. The van der Waals surface area contributed by atoms with Crippen LogP contribution in [0.1, 0.15) is 60.1 Å². The van der Waals surface area contributed by atoms with Crippen molar-refractivity contribution in [2.45, 2.75) is 51.6 Å². The SMILES string of the molecule is Cc1noc2nc(-c3cccc(C(F)(F)F)c3)cc(C(=O)N3CCCC(C4CCCC4)C3)c12. The number of nitrogens with zero attached hydrogens (tertiary/aromatic N) is 3. The molecule has 1 aliphatic heterocycles. The highest BCUT2D eigenvalue weighted by atomic mass is 19.4. The second kappa shape index (κ2) is 8.47. The molecule has 2 aromatic heterocycles. The summed E-state index contributed by atoms with van der Waals surface area (Å²) < 4.78 is 45.1. The van der Waals surface area contributed by atoms with Crippen LogP contribution in [0.2, 0.25) is 0 Å². The van der Waals surface area contributed by atoms with Crippen molar-refractivity contribution in [2.24, 2.45) is 11.8 Å². The number of halogens is 3. The van der Waals surface area contributed by atoms with Crippen molar-refractivity contribution in [1.29, 1.82) is 0 Å². The molecule has 2 aliphatic rings. The van der Waals surface area contributed by atoms with Gasteiger partial charge in [0.25, 0.3) is 11.6 Å². The maximum absolute atomic E-state index is 13.7. The number of hydrogen-bond donors (Lipinski definition) is 0. The maximum atomic E-state index is 13.7. The Labute approximate surface area is 190 Å². The standard InChI is InChI=1S/C25H26F3N3O2/c1-15-22-20(24(32)31-11-5-9-18(14-31)16-6-2-3-7-16)13-21(29-23(22)33-30-15)17-8-4-10-19(12-17)25(26,27)28/h4,8,10,12-13,16,18H,2-3,5-7,9,11,14H2,1H3. The van der Waals surface area contributed by atoms with E-state index in [1.54, 1.807) is 19.1 Å². The van der Waals surface area contributed by atoms with Gasteiger partial charge in [-0.1, -0.05) is 43.0 Å². The van der Waals surface area contributed by atoms with Gasteiger partial charge in [-0.05, 0) is 49.8 Å². The Bertz CT molecular complexity index is 1180. The van der Waals surface area contributed by atoms with E-state index in [2.05, 4.69) is 10.1 Å². The summed E-state index contributed by atoms with van der Waals surface area (Å²) in [7, 11) is 0. The summed E-state index contributed by atoms with van der Waals surface area (Å²) in [6.45, 7) is 3.14. The number of carbonyl (C=O) groups is 1. The van der Waals surface area contributed by atoms with E-state index in [4.69, 9.17) is 4.52 Å². The summed E-state index contributed by atoms with van der Waals surface area (Å²) in [6, 6.07) is 6.54. The predicted octanol–water partition coefficient (Wildman–Crippen LogP) is 6.26. The number of piperidine rings is 1. The van der Waals surface area contributed by atoms with Gasteiger partial charge in [0.2, 0.25) is 0 Å². The number of aromatic nitrogens is 2. The topological polar surface area (TPSA) is 59.2 Å². The number of rotatable bonds is 3. The third kappa shape index (κ3) is 4.23. The molecule has 3 heterocycles. The van der Waals surface area contributed by atoms with Crippen LogP contribution in [0.15, 0.2) is 34.9 Å². The molecule has 1 saturated carbocycles. The molecule has 1 aromatic carbocycles. The minimum Gasteiger partial charge on any atom is -0.338 e. The molecule has 1 atom stereocenters. The lowest BCUT2D eigenvalue weighted by Crippen LogP contribution is -2.41. The smallest absolute Gasteiger partial charge is 0.338 e. The number of fused-ring (bicyclic) bond motifs is 1. The molecule has 1 aliphatic carbocycles. The molecule has 1 unspecified atom stereocenters. The van der Waals surface area contributed by atoms with Crippen molar-refractivity contribution in [1.82, 2.24) is 15.0 Å². The van der Waals surface area contributed by atoms with Crippen LogP contribution >= 0.6 is 0 Å². The number of carbonyl (C=O) groups excluding carboxylic acids is 1. The van der Waals surface area contributed by atoms with E-state index in [1.165, 1.54) is 31.7 Å². The normalized spacial score (nSPS) is 20.0.